The van der Waals surface area contributed by atoms with E-state index in [2.05, 4.69) is 4.98 Å². The van der Waals surface area contributed by atoms with E-state index in [1.165, 1.54) is 12.1 Å². The molecule has 1 atom stereocenters. The molecule has 1 aromatic heterocycles. The Bertz CT molecular complexity index is 966. The number of carbonyl (C=O) groups excluding carboxylic acids is 2. The number of fused-ring (bicyclic) bond motifs is 3. The molecule has 1 N–H and O–H groups in total. The van der Waals surface area contributed by atoms with Gasteiger partial charge in [0, 0.05) is 5.92 Å². The summed E-state index contributed by atoms with van der Waals surface area (Å²) >= 11 is 11.9. The summed E-state index contributed by atoms with van der Waals surface area (Å²) in [6, 6.07) is 2.57. The molecule has 2 heterocycles. The summed E-state index contributed by atoms with van der Waals surface area (Å²) in [6.45, 7) is 0. The van der Waals surface area contributed by atoms with Crippen molar-refractivity contribution in [3.05, 3.63) is 28.0 Å². The molecule has 2 aromatic rings. The first-order valence-corrected chi connectivity index (χ1v) is 9.19. The number of imidazole rings is 1. The third kappa shape index (κ3) is 2.64. The van der Waals surface area contributed by atoms with E-state index in [0.29, 0.717) is 12.8 Å². The monoisotopic (exact) mass is 419 g/mol. The van der Waals surface area contributed by atoms with Crippen LogP contribution in [0, 0.1) is 5.92 Å². The number of nitrogens with zero attached hydrogens (tertiary/aromatic N) is 2. The lowest BCUT2D eigenvalue weighted by Gasteiger charge is -2.34. The maximum atomic E-state index is 14.2. The molecule has 144 valence electrons. The number of benzene rings is 1. The minimum atomic E-state index is -5.05. The minimum Gasteiger partial charge on any atom is -0.319 e. The molecule has 1 saturated carbocycles. The van der Waals surface area contributed by atoms with Crippen LogP contribution >= 0.6 is 23.2 Å². The first kappa shape index (κ1) is 18.6. The summed E-state index contributed by atoms with van der Waals surface area (Å²) in [6.07, 6.45) is -3.03. The number of amides is 1. The van der Waals surface area contributed by atoms with Gasteiger partial charge >= 0.3 is 6.18 Å². The highest BCUT2D eigenvalue weighted by atomic mass is 35.5. The van der Waals surface area contributed by atoms with Gasteiger partial charge in [-0.15, -0.1) is 0 Å². The second-order valence-electron chi connectivity index (χ2n) is 6.90. The van der Waals surface area contributed by atoms with Crippen molar-refractivity contribution in [2.24, 2.45) is 5.92 Å². The third-order valence-corrected chi connectivity index (χ3v) is 5.99. The molecule has 1 aliphatic carbocycles. The van der Waals surface area contributed by atoms with E-state index in [9.17, 15) is 22.8 Å². The van der Waals surface area contributed by atoms with Crippen LogP contribution in [0.2, 0.25) is 10.0 Å². The summed E-state index contributed by atoms with van der Waals surface area (Å²) in [5.41, 5.74) is -3.02. The fraction of sp³-hybridized carbons (Fsp3) is 0.471. The summed E-state index contributed by atoms with van der Waals surface area (Å²) < 4.78 is 43.5. The number of nitrogens with one attached hydrogen (secondary N) is 1. The average molecular weight is 420 g/mol. The lowest BCUT2D eigenvalue weighted by Crippen LogP contribution is -2.63. The number of aromatic nitrogens is 2. The Labute approximate surface area is 161 Å². The molecule has 4 rings (SSSR count). The van der Waals surface area contributed by atoms with Gasteiger partial charge in [-0.3, -0.25) is 14.2 Å². The first-order chi connectivity index (χ1) is 12.6. The van der Waals surface area contributed by atoms with Crippen molar-refractivity contribution in [2.45, 2.75) is 43.9 Å². The molecule has 0 radical (unpaired) electrons. The topological polar surface area (TPSA) is 64.0 Å². The van der Waals surface area contributed by atoms with Gasteiger partial charge in [-0.25, -0.2) is 4.98 Å². The molecular formula is C17H14Cl2F3N3O2. The van der Waals surface area contributed by atoms with Crippen molar-refractivity contribution in [3.8, 4) is 0 Å². The average Bonchev–Trinajstić information content (AvgIpc) is 3.25. The van der Waals surface area contributed by atoms with Gasteiger partial charge in [-0.2, -0.15) is 13.2 Å². The zero-order valence-corrected chi connectivity index (χ0v) is 15.4. The molecule has 0 saturated heterocycles. The Hall–Kier alpha value is -1.80. The van der Waals surface area contributed by atoms with E-state index in [-0.39, 0.29) is 26.9 Å². The highest BCUT2D eigenvalue weighted by molar-refractivity contribution is 6.42. The van der Waals surface area contributed by atoms with Crippen molar-refractivity contribution in [1.82, 2.24) is 14.9 Å². The zero-order chi connectivity index (χ0) is 19.6. The van der Waals surface area contributed by atoms with E-state index in [1.54, 1.807) is 0 Å². The van der Waals surface area contributed by atoms with Crippen LogP contribution < -0.4 is 5.32 Å². The van der Waals surface area contributed by atoms with E-state index in [0.717, 1.165) is 17.4 Å². The molecule has 10 heteroatoms. The fourth-order valence-electron chi connectivity index (χ4n) is 3.96. The summed E-state index contributed by atoms with van der Waals surface area (Å²) in [7, 11) is 0. The van der Waals surface area contributed by atoms with Crippen LogP contribution in [0.15, 0.2) is 12.1 Å². The summed E-state index contributed by atoms with van der Waals surface area (Å²) in [5, 5.41) is 2.20. The highest BCUT2D eigenvalue weighted by Gasteiger charge is 2.67. The van der Waals surface area contributed by atoms with Gasteiger partial charge in [0.05, 0.1) is 27.5 Å². The molecule has 5 nitrogen and oxygen atoms in total. The van der Waals surface area contributed by atoms with Crippen molar-refractivity contribution in [1.29, 1.82) is 0 Å². The van der Waals surface area contributed by atoms with Crippen molar-refractivity contribution < 1.29 is 22.8 Å². The van der Waals surface area contributed by atoms with Crippen LogP contribution in [0.25, 0.3) is 11.0 Å². The molecule has 1 amide bonds. The first-order valence-electron chi connectivity index (χ1n) is 8.44. The van der Waals surface area contributed by atoms with Gasteiger partial charge in [0.25, 0.3) is 5.66 Å². The quantitative estimate of drug-likeness (QED) is 0.800. The van der Waals surface area contributed by atoms with Crippen LogP contribution in [-0.4, -0.2) is 27.4 Å². The SMILES string of the molecule is O=C(NC1(C(F)(F)F)C(=O)Cc2nc3cc(Cl)c(Cl)cc3n21)C1CCCC1. The van der Waals surface area contributed by atoms with E-state index < -0.39 is 35.9 Å². The van der Waals surface area contributed by atoms with Crippen molar-refractivity contribution in [3.63, 3.8) is 0 Å². The van der Waals surface area contributed by atoms with E-state index >= 15 is 0 Å². The molecular weight excluding hydrogens is 406 g/mol. The Kier molecular flexibility index (Phi) is 4.19. The van der Waals surface area contributed by atoms with Crippen LogP contribution in [0.3, 0.4) is 0 Å². The molecule has 0 spiro atoms. The van der Waals surface area contributed by atoms with Crippen LogP contribution in [0.5, 0.6) is 0 Å². The summed E-state index contributed by atoms with van der Waals surface area (Å²) in [4.78, 5) is 29.2. The molecule has 1 aliphatic heterocycles. The van der Waals surface area contributed by atoms with Crippen molar-refractivity contribution in [2.75, 3.05) is 0 Å². The number of ketones is 1. The molecule has 1 unspecified atom stereocenters. The number of halogens is 5. The van der Waals surface area contributed by atoms with Gasteiger partial charge in [0.2, 0.25) is 5.91 Å². The van der Waals surface area contributed by atoms with Gasteiger partial charge < -0.3 is 5.32 Å². The zero-order valence-electron chi connectivity index (χ0n) is 13.9. The fourth-order valence-corrected chi connectivity index (χ4v) is 4.28. The maximum Gasteiger partial charge on any atom is 0.438 e. The Morgan fingerprint density at radius 1 is 1.22 bits per heavy atom. The number of rotatable bonds is 2. The Morgan fingerprint density at radius 2 is 1.85 bits per heavy atom. The second kappa shape index (κ2) is 6.10. The van der Waals surface area contributed by atoms with E-state index in [1.807, 2.05) is 5.32 Å². The lowest BCUT2D eigenvalue weighted by molar-refractivity contribution is -0.219. The summed E-state index contributed by atoms with van der Waals surface area (Å²) in [5.74, 6) is -2.56. The van der Waals surface area contributed by atoms with Gasteiger partial charge in [-0.1, -0.05) is 36.0 Å². The van der Waals surface area contributed by atoms with Crippen molar-refractivity contribution >= 4 is 45.9 Å². The van der Waals surface area contributed by atoms with Crippen LogP contribution in [0.4, 0.5) is 13.2 Å². The lowest BCUT2D eigenvalue weighted by atomic mass is 10.0. The Balaban J connectivity index is 1.91. The molecule has 0 bridgehead atoms. The standard InChI is InChI=1S/C17H14Cl2F3N3O2/c18-9-5-11-12(6-10(9)19)25-14(23-11)7-13(26)16(25,17(20,21)22)24-15(27)8-3-1-2-4-8/h5-6,8H,1-4,7H2,(H,24,27). The largest absolute Gasteiger partial charge is 0.438 e. The number of carbonyl (C=O) groups is 2. The van der Waals surface area contributed by atoms with Gasteiger partial charge in [0.15, 0.2) is 5.78 Å². The predicted molar refractivity (Wildman–Crippen MR) is 92.6 cm³/mol. The minimum absolute atomic E-state index is 0.00528. The number of alkyl halides is 3. The number of hydrogen-bond acceptors (Lipinski definition) is 3. The predicted octanol–water partition coefficient (Wildman–Crippen LogP) is 3.99. The molecule has 27 heavy (non-hydrogen) atoms. The van der Waals surface area contributed by atoms with Crippen LogP contribution in [0.1, 0.15) is 31.5 Å². The van der Waals surface area contributed by atoms with Gasteiger partial charge in [0.1, 0.15) is 5.82 Å². The smallest absolute Gasteiger partial charge is 0.319 e. The Morgan fingerprint density at radius 3 is 2.48 bits per heavy atom. The third-order valence-electron chi connectivity index (χ3n) is 5.26. The molecule has 1 aromatic carbocycles. The normalized spacial score (nSPS) is 23.2. The highest BCUT2D eigenvalue weighted by Crippen LogP contribution is 2.44. The number of hydrogen-bond donors (Lipinski definition) is 1. The maximum absolute atomic E-state index is 14.2. The van der Waals surface area contributed by atoms with Crippen LogP contribution in [-0.2, 0) is 21.7 Å². The molecule has 1 fully saturated rings. The van der Waals surface area contributed by atoms with E-state index in [4.69, 9.17) is 23.2 Å². The number of Topliss-reactive ketones (excluding diaryl/α,β-unsaturated/α-hetero) is 1. The second-order valence-corrected chi connectivity index (χ2v) is 7.71. The van der Waals surface area contributed by atoms with Gasteiger partial charge in [-0.05, 0) is 25.0 Å². The molecule has 2 aliphatic rings.